The summed E-state index contributed by atoms with van der Waals surface area (Å²) in [5.41, 5.74) is 0.667. The van der Waals surface area contributed by atoms with E-state index in [0.29, 0.717) is 13.0 Å². The molecule has 39 heavy (non-hydrogen) atoms. The average Bonchev–Trinajstić information content (AvgIpc) is 3.33. The van der Waals surface area contributed by atoms with Crippen LogP contribution in [0.4, 0.5) is 0 Å². The zero-order chi connectivity index (χ0) is 27.8. The third-order valence-electron chi connectivity index (χ3n) is 12.0. The number of rotatable bonds is 5. The van der Waals surface area contributed by atoms with E-state index in [1.165, 1.54) is 12.5 Å². The van der Waals surface area contributed by atoms with Crippen LogP contribution in [-0.4, -0.2) is 53.3 Å². The Morgan fingerprint density at radius 3 is 2.59 bits per heavy atom. The van der Waals surface area contributed by atoms with Gasteiger partial charge in [0.05, 0.1) is 11.5 Å². The van der Waals surface area contributed by atoms with Crippen LogP contribution in [0.3, 0.4) is 0 Å². The molecular formula is C33H41NO5. The number of carbonyl (C=O) groups excluding carboxylic acids is 3. The lowest BCUT2D eigenvalue weighted by molar-refractivity contribution is -0.187. The summed E-state index contributed by atoms with van der Waals surface area (Å²) in [6.07, 6.45) is 8.08. The van der Waals surface area contributed by atoms with Gasteiger partial charge in [-0.1, -0.05) is 62.8 Å². The predicted molar refractivity (Wildman–Crippen MR) is 147 cm³/mol. The molecule has 0 amide bonds. The van der Waals surface area contributed by atoms with Gasteiger partial charge in [0.2, 0.25) is 0 Å². The van der Waals surface area contributed by atoms with Crippen LogP contribution in [-0.2, 0) is 25.7 Å². The van der Waals surface area contributed by atoms with Gasteiger partial charge in [-0.15, -0.1) is 0 Å². The largest absolute Gasteiger partial charge is 0.458 e. The van der Waals surface area contributed by atoms with Crippen molar-refractivity contribution in [3.63, 3.8) is 0 Å². The van der Waals surface area contributed by atoms with Crippen molar-refractivity contribution in [1.82, 2.24) is 4.90 Å². The molecule has 0 bridgehead atoms. The van der Waals surface area contributed by atoms with Gasteiger partial charge in [-0.3, -0.25) is 19.3 Å². The first kappa shape index (κ1) is 26.6. The van der Waals surface area contributed by atoms with E-state index in [-0.39, 0.29) is 46.8 Å². The van der Waals surface area contributed by atoms with Gasteiger partial charge >= 0.3 is 5.97 Å². The first-order chi connectivity index (χ1) is 18.4. The maximum Gasteiger partial charge on any atom is 0.303 e. The Kier molecular flexibility index (Phi) is 6.13. The van der Waals surface area contributed by atoms with Crippen LogP contribution >= 0.6 is 0 Å². The molecule has 4 aliphatic carbocycles. The number of hydrogen-bond acceptors (Lipinski definition) is 6. The molecule has 6 rings (SSSR count). The highest BCUT2D eigenvalue weighted by Crippen LogP contribution is 2.77. The summed E-state index contributed by atoms with van der Waals surface area (Å²) in [6.45, 7) is 10.1. The van der Waals surface area contributed by atoms with E-state index in [9.17, 15) is 19.5 Å². The molecule has 1 N–H and O–H groups in total. The van der Waals surface area contributed by atoms with Crippen molar-refractivity contribution < 1.29 is 24.2 Å². The fraction of sp³-hybridized carbons (Fsp3) is 0.606. The number of ketones is 2. The van der Waals surface area contributed by atoms with Crippen LogP contribution in [0.2, 0.25) is 0 Å². The van der Waals surface area contributed by atoms with Crippen molar-refractivity contribution >= 4 is 17.5 Å². The molecule has 5 aliphatic rings. The van der Waals surface area contributed by atoms with E-state index in [2.05, 4.69) is 37.8 Å². The van der Waals surface area contributed by atoms with Gasteiger partial charge in [0.15, 0.2) is 18.2 Å². The van der Waals surface area contributed by atoms with Crippen molar-refractivity contribution in [3.8, 4) is 0 Å². The first-order valence-electron chi connectivity index (χ1n) is 14.5. The second-order valence-electron chi connectivity index (χ2n) is 13.6. The quantitative estimate of drug-likeness (QED) is 0.563. The molecule has 208 valence electrons. The number of nitrogens with zero attached hydrogens (tertiary/aromatic N) is 1. The SMILES string of the molecule is CC(=O)OCC(=O)C12CN(Cc3ccccc3)CC1CC1(C)C3CCC4=CC(=O)C=CC4(C)C3C(O)CC12C. The highest BCUT2D eigenvalue weighted by Gasteiger charge is 2.77. The Bertz CT molecular complexity index is 1270. The number of aliphatic hydroxyl groups is 1. The lowest BCUT2D eigenvalue weighted by Crippen LogP contribution is -2.64. The van der Waals surface area contributed by atoms with Gasteiger partial charge in [0.1, 0.15) is 0 Å². The number of aliphatic hydroxyl groups excluding tert-OH is 1. The summed E-state index contributed by atoms with van der Waals surface area (Å²) in [5.74, 6) is -0.0635. The highest BCUT2D eigenvalue weighted by atomic mass is 16.5. The van der Waals surface area contributed by atoms with Gasteiger partial charge in [-0.05, 0) is 66.1 Å². The highest BCUT2D eigenvalue weighted by molar-refractivity contribution is 6.01. The lowest BCUT2D eigenvalue weighted by atomic mass is 9.40. The molecule has 0 spiro atoms. The van der Waals surface area contributed by atoms with Crippen molar-refractivity contribution in [2.45, 2.75) is 66.0 Å². The molecule has 1 aromatic rings. The van der Waals surface area contributed by atoms with Crippen LogP contribution in [0.1, 0.15) is 58.9 Å². The monoisotopic (exact) mass is 531 g/mol. The van der Waals surface area contributed by atoms with Crippen LogP contribution in [0.15, 0.2) is 54.1 Å². The minimum atomic E-state index is -0.701. The molecule has 1 saturated heterocycles. The Morgan fingerprint density at radius 2 is 1.87 bits per heavy atom. The van der Waals surface area contributed by atoms with Crippen LogP contribution in [0.25, 0.3) is 0 Å². The maximum absolute atomic E-state index is 14.3. The Morgan fingerprint density at radius 1 is 1.13 bits per heavy atom. The second kappa shape index (κ2) is 8.97. The smallest absolute Gasteiger partial charge is 0.303 e. The molecule has 3 saturated carbocycles. The number of carbonyl (C=O) groups is 3. The number of ether oxygens (including phenoxy) is 1. The number of benzene rings is 1. The van der Waals surface area contributed by atoms with E-state index in [0.717, 1.165) is 37.9 Å². The minimum absolute atomic E-state index is 0.000190. The normalized spacial score (nSPS) is 42.7. The molecule has 6 nitrogen and oxygen atoms in total. The van der Waals surface area contributed by atoms with Gasteiger partial charge in [-0.2, -0.15) is 0 Å². The third-order valence-corrected chi connectivity index (χ3v) is 12.0. The van der Waals surface area contributed by atoms with Crippen LogP contribution in [0, 0.1) is 39.4 Å². The molecular weight excluding hydrogens is 490 g/mol. The van der Waals surface area contributed by atoms with Crippen molar-refractivity contribution in [2.75, 3.05) is 19.7 Å². The van der Waals surface area contributed by atoms with E-state index in [1.54, 1.807) is 12.2 Å². The van der Waals surface area contributed by atoms with Gasteiger partial charge in [0.25, 0.3) is 0 Å². The summed E-state index contributed by atoms with van der Waals surface area (Å²) in [7, 11) is 0. The number of allylic oxidation sites excluding steroid dienone is 4. The molecule has 1 aliphatic heterocycles. The van der Waals surface area contributed by atoms with E-state index >= 15 is 0 Å². The molecule has 0 radical (unpaired) electrons. The summed E-state index contributed by atoms with van der Waals surface area (Å²) in [4.78, 5) is 40.7. The van der Waals surface area contributed by atoms with Crippen LogP contribution in [0.5, 0.6) is 0 Å². The Balaban J connectivity index is 1.40. The summed E-state index contributed by atoms with van der Waals surface area (Å²) in [6, 6.07) is 10.4. The number of hydrogen-bond donors (Lipinski definition) is 1. The molecule has 6 heteroatoms. The van der Waals surface area contributed by atoms with E-state index < -0.39 is 22.9 Å². The summed E-state index contributed by atoms with van der Waals surface area (Å²) in [5, 5.41) is 12.0. The fourth-order valence-corrected chi connectivity index (χ4v) is 10.2. The second-order valence-corrected chi connectivity index (χ2v) is 13.6. The lowest BCUT2D eigenvalue weighted by Gasteiger charge is -2.65. The molecule has 4 fully saturated rings. The van der Waals surface area contributed by atoms with E-state index in [1.807, 2.05) is 24.3 Å². The third kappa shape index (κ3) is 3.63. The number of esters is 1. The average molecular weight is 532 g/mol. The number of likely N-dealkylation sites (tertiary alicyclic amines) is 1. The standard InChI is InChI=1S/C33H41NO5/c1-21(35)39-19-28(38)33-20-34(17-22-8-6-5-7-9-22)18-24(33)15-31(3)26-11-10-23-14-25(36)12-13-30(23,2)29(26)27(37)16-32(31,33)4/h5-9,12-14,24,26-27,29,37H,10-11,15-20H2,1-4H3. The summed E-state index contributed by atoms with van der Waals surface area (Å²) < 4.78 is 5.34. The van der Waals surface area contributed by atoms with Crippen molar-refractivity contribution in [2.24, 2.45) is 39.4 Å². The Labute approximate surface area is 231 Å². The molecule has 1 heterocycles. The zero-order valence-electron chi connectivity index (χ0n) is 23.6. The van der Waals surface area contributed by atoms with Gasteiger partial charge in [-0.25, -0.2) is 0 Å². The fourth-order valence-electron chi connectivity index (χ4n) is 10.2. The molecule has 8 atom stereocenters. The summed E-state index contributed by atoms with van der Waals surface area (Å²) >= 11 is 0. The number of Topliss-reactive ketones (excluding diaryl/α,β-unsaturated/α-hetero) is 1. The Hall–Kier alpha value is -2.57. The van der Waals surface area contributed by atoms with Crippen LogP contribution < -0.4 is 0 Å². The van der Waals surface area contributed by atoms with Crippen molar-refractivity contribution in [3.05, 3.63) is 59.7 Å². The molecule has 0 aromatic heterocycles. The van der Waals surface area contributed by atoms with Gasteiger partial charge < -0.3 is 9.84 Å². The van der Waals surface area contributed by atoms with Crippen molar-refractivity contribution in [1.29, 1.82) is 0 Å². The zero-order valence-corrected chi connectivity index (χ0v) is 23.6. The van der Waals surface area contributed by atoms with E-state index in [4.69, 9.17) is 4.74 Å². The van der Waals surface area contributed by atoms with Gasteiger partial charge in [0, 0.05) is 37.9 Å². The topological polar surface area (TPSA) is 83.9 Å². The number of fused-ring (bicyclic) bond motifs is 7. The molecule has 1 aromatic carbocycles. The first-order valence-corrected chi connectivity index (χ1v) is 14.5. The maximum atomic E-state index is 14.3. The minimum Gasteiger partial charge on any atom is -0.458 e. The molecule has 8 unspecified atom stereocenters. The predicted octanol–water partition coefficient (Wildman–Crippen LogP) is 4.52.